The van der Waals surface area contributed by atoms with E-state index < -0.39 is 0 Å². The highest BCUT2D eigenvalue weighted by Crippen LogP contribution is 2.15. The van der Waals surface area contributed by atoms with Gasteiger partial charge in [0, 0.05) is 6.08 Å². The number of unbranched alkanes of at least 4 members (excludes halogenated alkanes) is 14. The molecule has 0 aromatic carbocycles. The lowest BCUT2D eigenvalue weighted by atomic mass is 10.0. The van der Waals surface area contributed by atoms with Crippen molar-refractivity contribution in [3.63, 3.8) is 0 Å². The average Bonchev–Trinajstić information content (AvgIpc) is 2.66. The van der Waals surface area contributed by atoms with Gasteiger partial charge in [-0.15, -0.1) is 0 Å². The molecule has 1 atom stereocenters. The SMILES string of the molecule is C=CC(=O)OC(C)CCCCCCCCCCCCCCCCC[Si]C(Br)Br. The number of esters is 1. The first kappa shape index (κ1) is 28.4. The fourth-order valence-electron chi connectivity index (χ4n) is 3.37. The van der Waals surface area contributed by atoms with Crippen molar-refractivity contribution in [3.05, 3.63) is 12.7 Å². The van der Waals surface area contributed by atoms with Gasteiger partial charge in [-0.3, -0.25) is 0 Å². The molecule has 5 heteroatoms. The maximum atomic E-state index is 11.1. The van der Waals surface area contributed by atoms with Crippen molar-refractivity contribution in [2.24, 2.45) is 0 Å². The van der Waals surface area contributed by atoms with E-state index in [4.69, 9.17) is 4.74 Å². The summed E-state index contributed by atoms with van der Waals surface area (Å²) < 4.78 is 5.71. The topological polar surface area (TPSA) is 26.3 Å². The number of halogens is 2. The smallest absolute Gasteiger partial charge is 0.330 e. The van der Waals surface area contributed by atoms with Gasteiger partial charge in [-0.2, -0.15) is 0 Å². The predicted molar refractivity (Wildman–Crippen MR) is 132 cm³/mol. The van der Waals surface area contributed by atoms with Gasteiger partial charge in [0.25, 0.3) is 0 Å². The summed E-state index contributed by atoms with van der Waals surface area (Å²) >= 11 is 7.10. The molecule has 0 aliphatic heterocycles. The van der Waals surface area contributed by atoms with Gasteiger partial charge >= 0.3 is 5.97 Å². The van der Waals surface area contributed by atoms with Crippen molar-refractivity contribution in [2.75, 3.05) is 0 Å². The molecule has 0 N–H and O–H groups in total. The first-order chi connectivity index (χ1) is 13.6. The molecule has 164 valence electrons. The Morgan fingerprint density at radius 1 is 0.821 bits per heavy atom. The molecule has 0 aliphatic carbocycles. The van der Waals surface area contributed by atoms with E-state index in [0.717, 1.165) is 22.4 Å². The van der Waals surface area contributed by atoms with Crippen LogP contribution in [0.4, 0.5) is 0 Å². The van der Waals surface area contributed by atoms with Gasteiger partial charge in [-0.05, 0) is 19.8 Å². The molecule has 0 bridgehead atoms. The van der Waals surface area contributed by atoms with Crippen molar-refractivity contribution in [2.45, 2.75) is 125 Å². The third-order valence-corrected chi connectivity index (χ3v) is 7.96. The Morgan fingerprint density at radius 3 is 1.61 bits per heavy atom. The number of ether oxygens (including phenoxy) is 1. The summed E-state index contributed by atoms with van der Waals surface area (Å²) in [6.07, 6.45) is 22.9. The van der Waals surface area contributed by atoms with E-state index in [-0.39, 0.29) is 12.1 Å². The number of alkyl halides is 2. The number of rotatable bonds is 21. The molecule has 0 rings (SSSR count). The van der Waals surface area contributed by atoms with Crippen LogP contribution >= 0.6 is 31.9 Å². The van der Waals surface area contributed by atoms with Crippen LogP contribution in [0.3, 0.4) is 0 Å². The van der Waals surface area contributed by atoms with E-state index >= 15 is 0 Å². The Labute approximate surface area is 194 Å². The third kappa shape index (κ3) is 22.7. The van der Waals surface area contributed by atoms with Crippen molar-refractivity contribution < 1.29 is 9.53 Å². The first-order valence-corrected chi connectivity index (χ1v) is 14.5. The van der Waals surface area contributed by atoms with Crippen LogP contribution in [-0.2, 0) is 9.53 Å². The molecule has 0 aliphatic rings. The van der Waals surface area contributed by atoms with Crippen LogP contribution in [0.5, 0.6) is 0 Å². The molecule has 2 nitrogen and oxygen atoms in total. The quantitative estimate of drug-likeness (QED) is 0.0481. The second-order valence-electron chi connectivity index (χ2n) is 7.80. The molecule has 0 aromatic rings. The Bertz CT molecular complexity index is 365. The average molecular weight is 538 g/mol. The molecule has 1 unspecified atom stereocenters. The minimum Gasteiger partial charge on any atom is -0.460 e. The predicted octanol–water partition coefficient (Wildman–Crippen LogP) is 8.54. The molecule has 28 heavy (non-hydrogen) atoms. The second kappa shape index (κ2) is 22.1. The van der Waals surface area contributed by atoms with Crippen LogP contribution in [-0.4, -0.2) is 25.0 Å². The van der Waals surface area contributed by atoms with Crippen molar-refractivity contribution in [1.82, 2.24) is 0 Å². The number of hydrogen-bond acceptors (Lipinski definition) is 2. The molecule has 0 saturated carbocycles. The Morgan fingerprint density at radius 2 is 1.21 bits per heavy atom. The highest BCUT2D eigenvalue weighted by atomic mass is 79.9. The standard InChI is InChI=1S/C23H42Br2O2Si/c1-3-22(26)27-21(2)19-17-15-13-11-9-7-5-4-6-8-10-12-14-16-18-20-28-23(24)25/h3,21,23H,1,4-20H2,2H3. The van der Waals surface area contributed by atoms with E-state index in [0.29, 0.717) is 3.36 Å². The van der Waals surface area contributed by atoms with E-state index in [1.54, 1.807) is 0 Å². The monoisotopic (exact) mass is 536 g/mol. The van der Waals surface area contributed by atoms with E-state index in [9.17, 15) is 4.79 Å². The van der Waals surface area contributed by atoms with Gasteiger partial charge in [0.1, 0.15) is 0 Å². The second-order valence-corrected chi connectivity index (χ2v) is 14.0. The summed E-state index contributed by atoms with van der Waals surface area (Å²) in [5, 5.41) is 0. The Balaban J connectivity index is 3.12. The number of hydrogen-bond donors (Lipinski definition) is 0. The van der Waals surface area contributed by atoms with Gasteiger partial charge in [0.2, 0.25) is 0 Å². The van der Waals surface area contributed by atoms with Crippen molar-refractivity contribution in [3.8, 4) is 0 Å². The van der Waals surface area contributed by atoms with Crippen molar-refractivity contribution >= 4 is 47.3 Å². The lowest BCUT2D eigenvalue weighted by molar-refractivity contribution is -0.142. The van der Waals surface area contributed by atoms with Crippen LogP contribution in [0.25, 0.3) is 0 Å². The minimum atomic E-state index is -0.304. The molecular weight excluding hydrogens is 496 g/mol. The maximum absolute atomic E-state index is 11.1. The molecule has 0 spiro atoms. The molecule has 0 fully saturated rings. The zero-order valence-corrected chi connectivity index (χ0v) is 22.2. The summed E-state index contributed by atoms with van der Waals surface area (Å²) in [5.74, 6) is -0.304. The van der Waals surface area contributed by atoms with Gasteiger partial charge in [0.05, 0.1) is 19.0 Å². The molecular formula is C23H42Br2O2Si. The third-order valence-electron chi connectivity index (χ3n) is 5.07. The molecule has 0 aromatic heterocycles. The van der Waals surface area contributed by atoms with Crippen LogP contribution in [0.1, 0.15) is 110 Å². The van der Waals surface area contributed by atoms with E-state index in [2.05, 4.69) is 38.4 Å². The van der Waals surface area contributed by atoms with Crippen molar-refractivity contribution in [1.29, 1.82) is 0 Å². The lowest BCUT2D eigenvalue weighted by Gasteiger charge is -2.11. The minimum absolute atomic E-state index is 0.0204. The maximum Gasteiger partial charge on any atom is 0.330 e. The zero-order valence-electron chi connectivity index (χ0n) is 18.0. The number of carbonyl (C=O) groups excluding carboxylic acids is 1. The van der Waals surface area contributed by atoms with E-state index in [1.165, 1.54) is 102 Å². The Kier molecular flexibility index (Phi) is 22.4. The molecule has 0 saturated heterocycles. The summed E-state index contributed by atoms with van der Waals surface area (Å²) in [5.41, 5.74) is 0. The highest BCUT2D eigenvalue weighted by molar-refractivity contribution is 9.25. The fourth-order valence-corrected chi connectivity index (χ4v) is 5.42. The lowest BCUT2D eigenvalue weighted by Crippen LogP contribution is -2.12. The van der Waals surface area contributed by atoms with Crippen LogP contribution < -0.4 is 0 Å². The highest BCUT2D eigenvalue weighted by Gasteiger charge is 2.05. The molecule has 0 amide bonds. The summed E-state index contributed by atoms with van der Waals surface area (Å²) in [6.45, 7) is 5.39. The van der Waals surface area contributed by atoms with Gasteiger partial charge < -0.3 is 4.74 Å². The van der Waals surface area contributed by atoms with Gasteiger partial charge in [-0.1, -0.05) is 134 Å². The normalized spacial score (nSPS) is 12.3. The van der Waals surface area contributed by atoms with E-state index in [1.807, 2.05) is 6.92 Å². The fraction of sp³-hybridized carbons (Fsp3) is 0.870. The summed E-state index contributed by atoms with van der Waals surface area (Å²) in [6, 6.07) is 1.37. The molecule has 2 radical (unpaired) electrons. The summed E-state index contributed by atoms with van der Waals surface area (Å²) in [4.78, 5) is 11.1. The van der Waals surface area contributed by atoms with Crippen LogP contribution in [0.2, 0.25) is 6.04 Å². The molecule has 0 heterocycles. The number of carbonyl (C=O) groups is 1. The largest absolute Gasteiger partial charge is 0.460 e. The first-order valence-electron chi connectivity index (χ1n) is 11.4. The Hall–Kier alpha value is 0.387. The van der Waals surface area contributed by atoms with Crippen LogP contribution in [0.15, 0.2) is 12.7 Å². The van der Waals surface area contributed by atoms with Gasteiger partial charge in [-0.25, -0.2) is 4.79 Å². The summed E-state index contributed by atoms with van der Waals surface area (Å²) in [7, 11) is 1.01. The zero-order chi connectivity index (χ0) is 20.9. The van der Waals surface area contributed by atoms with Gasteiger partial charge in [0.15, 0.2) is 0 Å². The van der Waals surface area contributed by atoms with Crippen LogP contribution in [0, 0.1) is 0 Å².